The molecule has 2 aliphatic rings. The second-order valence-corrected chi connectivity index (χ2v) is 9.72. The third-order valence-electron chi connectivity index (χ3n) is 7.14. The Balaban J connectivity index is 1.32. The molecule has 0 atom stereocenters. The predicted molar refractivity (Wildman–Crippen MR) is 149 cm³/mol. The molecule has 2 aliphatic heterocycles. The molecule has 0 unspecified atom stereocenters. The molecule has 0 bridgehead atoms. The Hall–Kier alpha value is -5.63. The van der Waals surface area contributed by atoms with Crippen LogP contribution in [0, 0.1) is 17.5 Å². The molecule has 0 amide bonds. The number of nitrogens with zero attached hydrogens (tertiary/aromatic N) is 1. The van der Waals surface area contributed by atoms with Crippen molar-refractivity contribution < 1.29 is 32.2 Å². The van der Waals surface area contributed by atoms with Crippen LogP contribution in [0.4, 0.5) is 30.2 Å². The maximum absolute atomic E-state index is 13.7. The monoisotopic (exact) mass is 561 g/mol. The fourth-order valence-corrected chi connectivity index (χ4v) is 5.14. The molecule has 0 N–H and O–H groups in total. The number of esters is 2. The van der Waals surface area contributed by atoms with Gasteiger partial charge in [-0.15, -0.1) is 0 Å². The zero-order valence-electron chi connectivity index (χ0n) is 21.6. The van der Waals surface area contributed by atoms with Crippen molar-refractivity contribution >= 4 is 40.5 Å². The van der Waals surface area contributed by atoms with Gasteiger partial charge in [0.05, 0.1) is 11.1 Å². The number of carbonyl (C=O) groups is 2. The van der Waals surface area contributed by atoms with Crippen molar-refractivity contribution in [1.82, 2.24) is 0 Å². The first-order valence-corrected chi connectivity index (χ1v) is 12.9. The number of hydrogen-bond donors (Lipinski definition) is 0. The SMILES string of the molecule is O=C1OC(c2ccc(F)cc2)=c2cc3c(cc21)=C(c1ccc(N(c2ccc(F)cc2)c2ccc(F)cc2)cc1)OC3=O. The third-order valence-corrected chi connectivity index (χ3v) is 7.14. The fraction of sp³-hybridized carbons (Fsp3) is 0. The fourth-order valence-electron chi connectivity index (χ4n) is 5.14. The number of ether oxygens (including phenoxy) is 2. The summed E-state index contributed by atoms with van der Waals surface area (Å²) in [6.07, 6.45) is 0. The summed E-state index contributed by atoms with van der Waals surface area (Å²) in [5, 5.41) is 0.867. The van der Waals surface area contributed by atoms with Crippen molar-refractivity contribution in [3.8, 4) is 0 Å². The van der Waals surface area contributed by atoms with Crippen molar-refractivity contribution in [1.29, 1.82) is 0 Å². The van der Waals surface area contributed by atoms with Crippen molar-refractivity contribution in [2.45, 2.75) is 0 Å². The van der Waals surface area contributed by atoms with Gasteiger partial charge in [0.2, 0.25) is 0 Å². The van der Waals surface area contributed by atoms with E-state index in [-0.39, 0.29) is 34.3 Å². The highest BCUT2D eigenvalue weighted by atomic mass is 19.1. The summed E-state index contributed by atoms with van der Waals surface area (Å²) in [7, 11) is 0. The first kappa shape index (κ1) is 25.3. The zero-order valence-corrected chi connectivity index (χ0v) is 21.6. The average Bonchev–Trinajstić information content (AvgIpc) is 3.50. The molecule has 5 aromatic carbocycles. The molecular weight excluding hydrogens is 543 g/mol. The van der Waals surface area contributed by atoms with Gasteiger partial charge in [-0.1, -0.05) is 0 Å². The minimum absolute atomic E-state index is 0.241. The quantitative estimate of drug-likeness (QED) is 0.238. The van der Waals surface area contributed by atoms with Gasteiger partial charge < -0.3 is 14.4 Å². The number of cyclic esters (lactones) is 2. The Morgan fingerprint density at radius 1 is 0.452 bits per heavy atom. The Bertz CT molecular complexity index is 1970. The maximum atomic E-state index is 13.7. The summed E-state index contributed by atoms with van der Waals surface area (Å²) in [6, 6.07) is 27.6. The van der Waals surface area contributed by atoms with Crippen molar-refractivity contribution in [3.63, 3.8) is 0 Å². The van der Waals surface area contributed by atoms with Gasteiger partial charge in [-0.2, -0.15) is 0 Å². The minimum Gasteiger partial charge on any atom is -0.422 e. The van der Waals surface area contributed by atoms with Gasteiger partial charge in [-0.25, -0.2) is 22.8 Å². The summed E-state index contributed by atoms with van der Waals surface area (Å²) < 4.78 is 51.9. The van der Waals surface area contributed by atoms with Crippen molar-refractivity contribution in [2.24, 2.45) is 0 Å². The number of carbonyl (C=O) groups excluding carboxylic acids is 2. The smallest absolute Gasteiger partial charge is 0.344 e. The lowest BCUT2D eigenvalue weighted by molar-refractivity contribution is 0.0698. The Morgan fingerprint density at radius 2 is 0.762 bits per heavy atom. The van der Waals surface area contributed by atoms with E-state index < -0.39 is 17.8 Å². The van der Waals surface area contributed by atoms with E-state index in [1.54, 1.807) is 60.7 Å². The summed E-state index contributed by atoms with van der Waals surface area (Å²) >= 11 is 0. The second kappa shape index (κ2) is 9.78. The highest BCUT2D eigenvalue weighted by molar-refractivity contribution is 6.03. The Morgan fingerprint density at radius 3 is 1.14 bits per heavy atom. The lowest BCUT2D eigenvalue weighted by Crippen LogP contribution is -2.20. The van der Waals surface area contributed by atoms with Crippen LogP contribution in [0.1, 0.15) is 31.8 Å². The largest absolute Gasteiger partial charge is 0.422 e. The Labute approximate surface area is 237 Å². The lowest BCUT2D eigenvalue weighted by Gasteiger charge is -2.25. The summed E-state index contributed by atoms with van der Waals surface area (Å²) in [5.41, 5.74) is 3.62. The number of halogens is 3. The zero-order chi connectivity index (χ0) is 29.0. The van der Waals surface area contributed by atoms with E-state index in [9.17, 15) is 22.8 Å². The van der Waals surface area contributed by atoms with Crippen LogP contribution in [0.2, 0.25) is 0 Å². The summed E-state index contributed by atoms with van der Waals surface area (Å²) in [4.78, 5) is 27.5. The van der Waals surface area contributed by atoms with Crippen molar-refractivity contribution in [3.05, 3.63) is 159 Å². The van der Waals surface area contributed by atoms with Crippen LogP contribution in [-0.4, -0.2) is 11.9 Å². The van der Waals surface area contributed by atoms with Gasteiger partial charge in [0.15, 0.2) is 0 Å². The highest BCUT2D eigenvalue weighted by Gasteiger charge is 2.30. The number of fused-ring (bicyclic) bond motifs is 2. The third kappa shape index (κ3) is 4.30. The number of anilines is 3. The summed E-state index contributed by atoms with van der Waals surface area (Å²) in [5.74, 6) is -1.84. The van der Waals surface area contributed by atoms with E-state index in [2.05, 4.69) is 0 Å². The topological polar surface area (TPSA) is 55.8 Å². The molecule has 0 fully saturated rings. The summed E-state index contributed by atoms with van der Waals surface area (Å²) in [6.45, 7) is 0. The predicted octanol–water partition coefficient (Wildman–Crippen LogP) is 6.23. The second-order valence-electron chi connectivity index (χ2n) is 9.72. The van der Waals surface area contributed by atoms with Gasteiger partial charge in [-0.3, -0.25) is 0 Å². The lowest BCUT2D eigenvalue weighted by atomic mass is 10.0. The molecule has 0 saturated heterocycles. The molecule has 0 radical (unpaired) electrons. The standard InChI is InChI=1S/C34H18F3NO4/c35-21-5-1-19(2-6-21)31-27-17-30-28(18-29(27)33(39)41-31)32(42-34(30)40)20-3-11-24(12-4-20)38(25-13-7-22(36)8-14-25)26-15-9-23(37)10-16-26/h1-18H. The minimum atomic E-state index is -0.588. The molecule has 42 heavy (non-hydrogen) atoms. The van der Waals surface area contributed by atoms with Crippen LogP contribution in [0.3, 0.4) is 0 Å². The molecular formula is C34H18F3NO4. The molecule has 2 heterocycles. The van der Waals surface area contributed by atoms with Crippen LogP contribution >= 0.6 is 0 Å². The van der Waals surface area contributed by atoms with E-state index in [0.717, 1.165) is 0 Å². The number of benzene rings is 5. The molecule has 5 aromatic rings. The highest BCUT2D eigenvalue weighted by Crippen LogP contribution is 2.35. The molecule has 0 aromatic heterocycles. The van der Waals surface area contributed by atoms with E-state index in [1.807, 2.05) is 4.90 Å². The van der Waals surface area contributed by atoms with E-state index in [0.29, 0.717) is 38.6 Å². The van der Waals surface area contributed by atoms with Crippen LogP contribution in [0.15, 0.2) is 109 Å². The molecule has 0 aliphatic carbocycles. The molecule has 7 rings (SSSR count). The van der Waals surface area contributed by atoms with E-state index in [4.69, 9.17) is 9.47 Å². The number of hydrogen-bond acceptors (Lipinski definition) is 5. The number of rotatable bonds is 5. The first-order chi connectivity index (χ1) is 20.4. The van der Waals surface area contributed by atoms with E-state index >= 15 is 0 Å². The van der Waals surface area contributed by atoms with Crippen LogP contribution in [-0.2, 0) is 9.47 Å². The molecule has 5 nitrogen and oxygen atoms in total. The Kier molecular flexibility index (Phi) is 5.90. The maximum Gasteiger partial charge on any atom is 0.344 e. The van der Waals surface area contributed by atoms with Gasteiger partial charge in [0.1, 0.15) is 29.0 Å². The molecule has 204 valence electrons. The average molecular weight is 562 g/mol. The molecule has 0 spiro atoms. The van der Waals surface area contributed by atoms with Crippen LogP contribution < -0.4 is 15.3 Å². The first-order valence-electron chi connectivity index (χ1n) is 12.9. The van der Waals surface area contributed by atoms with Crippen LogP contribution in [0.25, 0.3) is 11.5 Å². The van der Waals surface area contributed by atoms with E-state index in [1.165, 1.54) is 48.5 Å². The van der Waals surface area contributed by atoms with Gasteiger partial charge >= 0.3 is 11.9 Å². The van der Waals surface area contributed by atoms with Gasteiger partial charge in [-0.05, 0) is 109 Å². The van der Waals surface area contributed by atoms with Gasteiger partial charge in [0, 0.05) is 38.6 Å². The molecule has 8 heteroatoms. The van der Waals surface area contributed by atoms with Crippen LogP contribution in [0.5, 0.6) is 0 Å². The van der Waals surface area contributed by atoms with Gasteiger partial charge in [0.25, 0.3) is 0 Å². The molecule has 0 saturated carbocycles. The van der Waals surface area contributed by atoms with Crippen molar-refractivity contribution in [2.75, 3.05) is 4.90 Å². The normalized spacial score (nSPS) is 13.5.